The van der Waals surface area contributed by atoms with Gasteiger partial charge in [-0.1, -0.05) is 18.2 Å². The molecule has 0 unspecified atom stereocenters. The summed E-state index contributed by atoms with van der Waals surface area (Å²) in [5.74, 6) is 0. The van der Waals surface area contributed by atoms with Crippen molar-refractivity contribution in [2.75, 3.05) is 6.61 Å². The third-order valence-corrected chi connectivity index (χ3v) is 1.44. The highest BCUT2D eigenvalue weighted by molar-refractivity contribution is 5.38. The van der Waals surface area contributed by atoms with Crippen LogP contribution in [-0.2, 0) is 9.53 Å². The maximum Gasteiger partial charge on any atom is 0.293 e. The zero-order valence-electron chi connectivity index (χ0n) is 5.75. The summed E-state index contributed by atoms with van der Waals surface area (Å²) < 4.78 is 4.59. The van der Waals surface area contributed by atoms with Crippen LogP contribution in [0.3, 0.4) is 0 Å². The Hall–Kier alpha value is -1.05. The van der Waals surface area contributed by atoms with E-state index in [-0.39, 0.29) is 0 Å². The topological polar surface area (TPSA) is 26.3 Å². The number of ether oxygens (including phenoxy) is 1. The van der Waals surface area contributed by atoms with Crippen molar-refractivity contribution in [1.29, 1.82) is 0 Å². The van der Waals surface area contributed by atoms with E-state index in [1.807, 2.05) is 12.2 Å². The van der Waals surface area contributed by atoms with Gasteiger partial charge >= 0.3 is 0 Å². The summed E-state index contributed by atoms with van der Waals surface area (Å²) in [6.07, 6.45) is 8.17. The normalized spacial score (nSPS) is 16.2. The second kappa shape index (κ2) is 3.88. The van der Waals surface area contributed by atoms with Crippen molar-refractivity contribution in [3.05, 3.63) is 23.8 Å². The lowest BCUT2D eigenvalue weighted by Crippen LogP contribution is -1.97. The van der Waals surface area contributed by atoms with Gasteiger partial charge in [-0.2, -0.15) is 0 Å². The summed E-state index contributed by atoms with van der Waals surface area (Å²) in [5, 5.41) is 0. The predicted molar refractivity (Wildman–Crippen MR) is 38.5 cm³/mol. The average Bonchev–Trinajstić information content (AvgIpc) is 2.03. The number of rotatable bonds is 3. The van der Waals surface area contributed by atoms with Crippen molar-refractivity contribution in [1.82, 2.24) is 0 Å². The van der Waals surface area contributed by atoms with E-state index in [0.29, 0.717) is 13.1 Å². The minimum Gasteiger partial charge on any atom is -0.463 e. The van der Waals surface area contributed by atoms with E-state index in [4.69, 9.17) is 0 Å². The largest absolute Gasteiger partial charge is 0.463 e. The predicted octanol–water partition coefficient (Wildman–Crippen LogP) is 1.44. The molecule has 10 heavy (non-hydrogen) atoms. The Morgan fingerprint density at radius 2 is 2.60 bits per heavy atom. The van der Waals surface area contributed by atoms with Crippen LogP contribution in [0.4, 0.5) is 0 Å². The molecule has 2 nitrogen and oxygen atoms in total. The second-order valence-corrected chi connectivity index (χ2v) is 2.20. The summed E-state index contributed by atoms with van der Waals surface area (Å²) in [7, 11) is 0. The number of carbonyl (C=O) groups is 1. The molecule has 0 aromatic rings. The molecule has 54 valence electrons. The molecule has 0 aromatic carbocycles. The fourth-order valence-electron chi connectivity index (χ4n) is 0.914. The van der Waals surface area contributed by atoms with Crippen LogP contribution in [0, 0.1) is 0 Å². The third kappa shape index (κ3) is 2.05. The lowest BCUT2D eigenvalue weighted by molar-refractivity contribution is -0.127. The first-order chi connectivity index (χ1) is 4.93. The van der Waals surface area contributed by atoms with Gasteiger partial charge in [0, 0.05) is 0 Å². The first kappa shape index (κ1) is 7.06. The van der Waals surface area contributed by atoms with Gasteiger partial charge in [-0.15, -0.1) is 0 Å². The summed E-state index contributed by atoms with van der Waals surface area (Å²) in [6, 6.07) is 0. The van der Waals surface area contributed by atoms with E-state index in [2.05, 4.69) is 10.8 Å². The highest BCUT2D eigenvalue weighted by atomic mass is 16.5. The lowest BCUT2D eigenvalue weighted by atomic mass is 10.1. The summed E-state index contributed by atoms with van der Waals surface area (Å²) in [5.41, 5.74) is 1.19. The third-order valence-electron chi connectivity index (χ3n) is 1.44. The number of carbonyl (C=O) groups excluding carboxylic acids is 1. The Kier molecular flexibility index (Phi) is 2.74. The standard InChI is InChI=1S/C8H10O2/c9-7-10-6-8-4-2-1-3-5-8/h1-2,4,7H,3,5-6H2. The first-order valence-corrected chi connectivity index (χ1v) is 3.33. The molecular weight excluding hydrogens is 128 g/mol. The van der Waals surface area contributed by atoms with Crippen LogP contribution >= 0.6 is 0 Å². The van der Waals surface area contributed by atoms with Gasteiger partial charge in [0.25, 0.3) is 6.47 Å². The van der Waals surface area contributed by atoms with E-state index < -0.39 is 0 Å². The average molecular weight is 138 g/mol. The van der Waals surface area contributed by atoms with Crippen LogP contribution in [0.5, 0.6) is 0 Å². The van der Waals surface area contributed by atoms with Crippen LogP contribution in [0.1, 0.15) is 12.8 Å². The minimum absolute atomic E-state index is 0.452. The molecule has 0 amide bonds. The zero-order valence-corrected chi connectivity index (χ0v) is 5.75. The molecule has 0 heterocycles. The Bertz CT molecular complexity index is 168. The van der Waals surface area contributed by atoms with Crippen molar-refractivity contribution in [2.45, 2.75) is 12.8 Å². The molecule has 0 radical (unpaired) electrons. The van der Waals surface area contributed by atoms with Gasteiger partial charge in [0.05, 0.1) is 0 Å². The highest BCUT2D eigenvalue weighted by Crippen LogP contribution is 2.10. The Labute approximate surface area is 60.2 Å². The molecule has 0 atom stereocenters. The van der Waals surface area contributed by atoms with Gasteiger partial charge in [-0.3, -0.25) is 4.79 Å². The Morgan fingerprint density at radius 3 is 3.20 bits per heavy atom. The monoisotopic (exact) mass is 138 g/mol. The SMILES string of the molecule is O=COCC1=CC=CCC1. The fraction of sp³-hybridized carbons (Fsp3) is 0.375. The second-order valence-electron chi connectivity index (χ2n) is 2.20. The molecule has 0 aliphatic heterocycles. The van der Waals surface area contributed by atoms with Crippen molar-refractivity contribution in [2.24, 2.45) is 0 Å². The summed E-state index contributed by atoms with van der Waals surface area (Å²) >= 11 is 0. The zero-order chi connectivity index (χ0) is 7.23. The van der Waals surface area contributed by atoms with E-state index in [0.717, 1.165) is 12.8 Å². The summed E-state index contributed by atoms with van der Waals surface area (Å²) in [6.45, 7) is 0.937. The van der Waals surface area contributed by atoms with E-state index in [1.165, 1.54) is 5.57 Å². The minimum atomic E-state index is 0.452. The lowest BCUT2D eigenvalue weighted by Gasteiger charge is -2.05. The van der Waals surface area contributed by atoms with E-state index in [9.17, 15) is 4.79 Å². The number of hydrogen-bond acceptors (Lipinski definition) is 2. The van der Waals surface area contributed by atoms with Crippen molar-refractivity contribution in [3.8, 4) is 0 Å². The molecule has 1 rings (SSSR count). The Balaban J connectivity index is 2.32. The molecule has 0 bridgehead atoms. The van der Waals surface area contributed by atoms with Crippen LogP contribution < -0.4 is 0 Å². The van der Waals surface area contributed by atoms with Gasteiger partial charge in [0.2, 0.25) is 0 Å². The van der Waals surface area contributed by atoms with Gasteiger partial charge in [-0.25, -0.2) is 0 Å². The molecule has 0 saturated heterocycles. The van der Waals surface area contributed by atoms with Gasteiger partial charge in [-0.05, 0) is 18.4 Å². The molecule has 1 aliphatic carbocycles. The molecular formula is C8H10O2. The van der Waals surface area contributed by atoms with Gasteiger partial charge in [0.1, 0.15) is 6.61 Å². The number of allylic oxidation sites excluding steroid dienone is 3. The van der Waals surface area contributed by atoms with Crippen LogP contribution in [0.25, 0.3) is 0 Å². The molecule has 0 spiro atoms. The maximum absolute atomic E-state index is 9.78. The maximum atomic E-state index is 9.78. The van der Waals surface area contributed by atoms with Crippen LogP contribution in [0.15, 0.2) is 23.8 Å². The highest BCUT2D eigenvalue weighted by Gasteiger charge is 1.97. The molecule has 0 saturated carbocycles. The van der Waals surface area contributed by atoms with E-state index >= 15 is 0 Å². The fourth-order valence-corrected chi connectivity index (χ4v) is 0.914. The van der Waals surface area contributed by atoms with Gasteiger partial charge in [0.15, 0.2) is 0 Å². The Morgan fingerprint density at radius 1 is 1.70 bits per heavy atom. The first-order valence-electron chi connectivity index (χ1n) is 3.33. The summed E-state index contributed by atoms with van der Waals surface area (Å²) in [4.78, 5) is 9.78. The van der Waals surface area contributed by atoms with Crippen LogP contribution in [-0.4, -0.2) is 13.1 Å². The molecule has 1 aliphatic rings. The molecule has 0 fully saturated rings. The smallest absolute Gasteiger partial charge is 0.293 e. The van der Waals surface area contributed by atoms with Crippen LogP contribution in [0.2, 0.25) is 0 Å². The van der Waals surface area contributed by atoms with Gasteiger partial charge < -0.3 is 4.74 Å². The quantitative estimate of drug-likeness (QED) is 0.551. The van der Waals surface area contributed by atoms with E-state index in [1.54, 1.807) is 0 Å². The van der Waals surface area contributed by atoms with Crippen molar-refractivity contribution < 1.29 is 9.53 Å². The molecule has 0 aromatic heterocycles. The van der Waals surface area contributed by atoms with Crippen molar-refractivity contribution in [3.63, 3.8) is 0 Å². The molecule has 0 N–H and O–H groups in total. The molecule has 2 heteroatoms. The van der Waals surface area contributed by atoms with Crippen molar-refractivity contribution >= 4 is 6.47 Å². The number of hydrogen-bond donors (Lipinski definition) is 0.